The number of aliphatic carboxylic acids is 1. The lowest BCUT2D eigenvalue weighted by Crippen LogP contribution is -2.33. The number of β-amino-alcohol motifs (C(OH)–C–C–N with tert-alkyl or cyclic N) is 1. The van der Waals surface area contributed by atoms with E-state index in [1.165, 1.54) is 12.8 Å². The molecule has 1 aliphatic rings. The third-order valence-corrected chi connectivity index (χ3v) is 4.02. The first-order valence-corrected chi connectivity index (χ1v) is 8.69. The fourth-order valence-electron chi connectivity index (χ4n) is 2.72. The normalized spacial score (nSPS) is 15.6. The smallest absolute Gasteiger partial charge is 0.490 e. The zero-order valence-electron chi connectivity index (χ0n) is 15.0. The summed E-state index contributed by atoms with van der Waals surface area (Å²) in [6.45, 7) is 3.16. The largest absolute Gasteiger partial charge is 0.490 e. The van der Waals surface area contributed by atoms with Crippen molar-refractivity contribution in [1.29, 1.82) is 0 Å². The van der Waals surface area contributed by atoms with E-state index in [9.17, 15) is 18.3 Å². The van der Waals surface area contributed by atoms with Crippen LogP contribution in [0.25, 0.3) is 11.3 Å². The fraction of sp³-hybridized carbons (Fsp3) is 0.444. The van der Waals surface area contributed by atoms with Crippen molar-refractivity contribution in [2.24, 2.45) is 0 Å². The number of aliphatic hydroxyl groups excluding tert-OH is 1. The zero-order valence-corrected chi connectivity index (χ0v) is 15.0. The van der Waals surface area contributed by atoms with E-state index in [0.717, 1.165) is 30.1 Å². The summed E-state index contributed by atoms with van der Waals surface area (Å²) in [7, 11) is 0. The van der Waals surface area contributed by atoms with E-state index in [1.54, 1.807) is 6.20 Å². The SMILES string of the molecule is O=C(O)C(F)(F)F.OC(COc1ccccc1-c1ccn[nH]1)CN1CCCC1. The summed E-state index contributed by atoms with van der Waals surface area (Å²) in [5, 5.41) is 24.1. The van der Waals surface area contributed by atoms with Gasteiger partial charge >= 0.3 is 12.1 Å². The Balaban J connectivity index is 0.000000345. The van der Waals surface area contributed by atoms with Gasteiger partial charge in [0, 0.05) is 18.3 Å². The van der Waals surface area contributed by atoms with E-state index >= 15 is 0 Å². The molecule has 7 nitrogen and oxygen atoms in total. The Bertz CT molecular complexity index is 732. The molecule has 1 aliphatic heterocycles. The number of carbonyl (C=O) groups is 1. The van der Waals surface area contributed by atoms with Crippen molar-refractivity contribution in [2.75, 3.05) is 26.2 Å². The molecule has 10 heteroatoms. The van der Waals surface area contributed by atoms with Gasteiger partial charge in [-0.05, 0) is 44.1 Å². The Morgan fingerprint density at radius 2 is 1.89 bits per heavy atom. The molecule has 28 heavy (non-hydrogen) atoms. The second-order valence-electron chi connectivity index (χ2n) is 6.24. The molecule has 1 atom stereocenters. The number of alkyl halides is 3. The number of rotatable bonds is 6. The van der Waals surface area contributed by atoms with E-state index < -0.39 is 18.2 Å². The van der Waals surface area contributed by atoms with Gasteiger partial charge in [0.25, 0.3) is 0 Å². The molecular weight excluding hydrogens is 379 g/mol. The molecule has 0 bridgehead atoms. The van der Waals surface area contributed by atoms with E-state index in [2.05, 4.69) is 15.1 Å². The lowest BCUT2D eigenvalue weighted by Gasteiger charge is -2.20. The second kappa shape index (κ2) is 10.1. The average Bonchev–Trinajstić information content (AvgIpc) is 3.34. The number of halogens is 3. The van der Waals surface area contributed by atoms with Crippen LogP contribution in [0.3, 0.4) is 0 Å². The molecule has 1 fully saturated rings. The topological polar surface area (TPSA) is 98.7 Å². The minimum Gasteiger partial charge on any atom is -0.490 e. The van der Waals surface area contributed by atoms with Crippen molar-refractivity contribution in [1.82, 2.24) is 15.1 Å². The van der Waals surface area contributed by atoms with Gasteiger partial charge in [-0.2, -0.15) is 18.3 Å². The highest BCUT2D eigenvalue weighted by atomic mass is 19.4. The molecule has 0 aliphatic carbocycles. The first kappa shape index (κ1) is 21.7. The van der Waals surface area contributed by atoms with Gasteiger partial charge in [-0.25, -0.2) is 4.79 Å². The molecule has 0 radical (unpaired) electrons. The minimum atomic E-state index is -5.08. The monoisotopic (exact) mass is 401 g/mol. The van der Waals surface area contributed by atoms with Crippen LogP contribution in [-0.4, -0.2) is 69.8 Å². The number of nitrogens with zero attached hydrogens (tertiary/aromatic N) is 2. The third kappa shape index (κ3) is 6.86. The fourth-order valence-corrected chi connectivity index (χ4v) is 2.72. The highest BCUT2D eigenvalue weighted by molar-refractivity contribution is 5.73. The number of carboxylic acid groups (broad SMARTS) is 1. The summed E-state index contributed by atoms with van der Waals surface area (Å²) < 4.78 is 37.5. The first-order valence-electron chi connectivity index (χ1n) is 8.69. The molecule has 0 spiro atoms. The maximum Gasteiger partial charge on any atom is 0.490 e. The summed E-state index contributed by atoms with van der Waals surface area (Å²) in [5.74, 6) is -1.99. The number of aromatic nitrogens is 2. The van der Waals surface area contributed by atoms with Crippen molar-refractivity contribution in [3.8, 4) is 17.0 Å². The van der Waals surface area contributed by atoms with Crippen LogP contribution in [-0.2, 0) is 4.79 Å². The standard InChI is InChI=1S/C16H21N3O2.C2HF3O2/c20-13(11-19-9-3-4-10-19)12-21-16-6-2-1-5-14(16)15-7-8-17-18-15;3-2(4,5)1(6)7/h1-2,5-8,13,20H,3-4,9-12H2,(H,17,18);(H,6,7). The van der Waals surface area contributed by atoms with Gasteiger partial charge < -0.3 is 19.8 Å². The van der Waals surface area contributed by atoms with Crippen molar-refractivity contribution < 1.29 is 32.9 Å². The molecule has 1 aromatic carbocycles. The molecule has 0 amide bonds. The van der Waals surface area contributed by atoms with Gasteiger partial charge in [-0.15, -0.1) is 0 Å². The van der Waals surface area contributed by atoms with Crippen LogP contribution < -0.4 is 4.74 Å². The molecule has 1 unspecified atom stereocenters. The predicted molar refractivity (Wildman–Crippen MR) is 94.9 cm³/mol. The maximum absolute atomic E-state index is 10.6. The highest BCUT2D eigenvalue weighted by Gasteiger charge is 2.38. The molecule has 1 saturated heterocycles. The summed E-state index contributed by atoms with van der Waals surface area (Å²) in [6, 6.07) is 9.70. The van der Waals surface area contributed by atoms with Gasteiger partial charge in [0.15, 0.2) is 0 Å². The van der Waals surface area contributed by atoms with Crippen LogP contribution in [0.15, 0.2) is 36.5 Å². The van der Waals surface area contributed by atoms with Gasteiger partial charge in [0.1, 0.15) is 18.5 Å². The number of nitrogens with one attached hydrogen (secondary N) is 1. The van der Waals surface area contributed by atoms with Gasteiger partial charge in [0.2, 0.25) is 0 Å². The Kier molecular flexibility index (Phi) is 7.82. The number of likely N-dealkylation sites (tertiary alicyclic amines) is 1. The number of hydrogen-bond acceptors (Lipinski definition) is 5. The Labute approximate surface area is 159 Å². The van der Waals surface area contributed by atoms with Crippen LogP contribution in [0, 0.1) is 0 Å². The van der Waals surface area contributed by atoms with Crippen molar-refractivity contribution in [2.45, 2.75) is 25.1 Å². The number of aromatic amines is 1. The zero-order chi connectivity index (χ0) is 20.6. The van der Waals surface area contributed by atoms with Gasteiger partial charge in [-0.1, -0.05) is 12.1 Å². The van der Waals surface area contributed by atoms with E-state index in [-0.39, 0.29) is 0 Å². The summed E-state index contributed by atoms with van der Waals surface area (Å²) in [5.41, 5.74) is 1.88. The number of aliphatic hydroxyl groups is 1. The lowest BCUT2D eigenvalue weighted by molar-refractivity contribution is -0.192. The predicted octanol–water partition coefficient (Wildman–Crippen LogP) is 2.55. The molecule has 2 heterocycles. The lowest BCUT2D eigenvalue weighted by atomic mass is 10.1. The van der Waals surface area contributed by atoms with Crippen molar-refractivity contribution in [3.63, 3.8) is 0 Å². The summed E-state index contributed by atoms with van der Waals surface area (Å²) in [6.07, 6.45) is -1.36. The molecule has 2 aromatic rings. The summed E-state index contributed by atoms with van der Waals surface area (Å²) in [4.78, 5) is 11.2. The number of carboxylic acids is 1. The first-order chi connectivity index (χ1) is 13.3. The van der Waals surface area contributed by atoms with Crippen molar-refractivity contribution >= 4 is 5.97 Å². The molecule has 3 rings (SSSR count). The number of ether oxygens (including phenoxy) is 1. The molecule has 0 saturated carbocycles. The Hall–Kier alpha value is -2.59. The quantitative estimate of drug-likeness (QED) is 0.688. The highest BCUT2D eigenvalue weighted by Crippen LogP contribution is 2.28. The van der Waals surface area contributed by atoms with Crippen molar-refractivity contribution in [3.05, 3.63) is 36.5 Å². The summed E-state index contributed by atoms with van der Waals surface area (Å²) >= 11 is 0. The van der Waals surface area contributed by atoms with E-state index in [1.807, 2.05) is 30.3 Å². The second-order valence-corrected chi connectivity index (χ2v) is 6.24. The number of H-pyrrole nitrogens is 1. The van der Waals surface area contributed by atoms with Crippen LogP contribution in [0.1, 0.15) is 12.8 Å². The number of hydrogen-bond donors (Lipinski definition) is 3. The van der Waals surface area contributed by atoms with Crippen LogP contribution in [0.5, 0.6) is 5.75 Å². The number of para-hydroxylation sites is 1. The van der Waals surface area contributed by atoms with Crippen LogP contribution >= 0.6 is 0 Å². The minimum absolute atomic E-state index is 0.307. The Morgan fingerprint density at radius 1 is 1.25 bits per heavy atom. The molecular formula is C18H22F3N3O4. The molecule has 3 N–H and O–H groups in total. The third-order valence-electron chi connectivity index (χ3n) is 4.02. The van der Waals surface area contributed by atoms with Crippen LogP contribution in [0.4, 0.5) is 13.2 Å². The number of benzene rings is 1. The van der Waals surface area contributed by atoms with E-state index in [0.29, 0.717) is 13.2 Å². The average molecular weight is 401 g/mol. The van der Waals surface area contributed by atoms with Crippen LogP contribution in [0.2, 0.25) is 0 Å². The molecule has 1 aromatic heterocycles. The molecule has 154 valence electrons. The van der Waals surface area contributed by atoms with Gasteiger partial charge in [0.05, 0.1) is 5.69 Å². The maximum atomic E-state index is 10.6. The van der Waals surface area contributed by atoms with E-state index in [4.69, 9.17) is 14.6 Å². The Morgan fingerprint density at radius 3 is 2.46 bits per heavy atom. The van der Waals surface area contributed by atoms with Gasteiger partial charge in [-0.3, -0.25) is 5.10 Å².